The molecule has 0 fully saturated rings. The van der Waals surface area contributed by atoms with Crippen molar-refractivity contribution in [2.45, 2.75) is 44.8 Å². The van der Waals surface area contributed by atoms with Crippen LogP contribution in [0, 0.1) is 12.7 Å². The van der Waals surface area contributed by atoms with Gasteiger partial charge in [-0.25, -0.2) is 9.07 Å². The summed E-state index contributed by atoms with van der Waals surface area (Å²) in [5, 5.41) is 7.47. The van der Waals surface area contributed by atoms with E-state index in [9.17, 15) is 9.59 Å². The number of nitrogens with one attached hydrogen (secondary N) is 1. The predicted octanol–water partition coefficient (Wildman–Crippen LogP) is 4.94. The molecule has 0 bridgehead atoms. The van der Waals surface area contributed by atoms with Crippen LogP contribution < -0.4 is 10.2 Å². The van der Waals surface area contributed by atoms with Crippen molar-refractivity contribution in [1.82, 2.24) is 15.1 Å². The van der Waals surface area contributed by atoms with Crippen LogP contribution in [0.3, 0.4) is 0 Å². The van der Waals surface area contributed by atoms with E-state index in [-0.39, 0.29) is 29.9 Å². The van der Waals surface area contributed by atoms with Crippen LogP contribution in [-0.2, 0) is 19.7 Å². The van der Waals surface area contributed by atoms with E-state index < -0.39 is 10.7 Å². The molecule has 1 aliphatic rings. The highest BCUT2D eigenvalue weighted by Gasteiger charge is 2.40. The second kappa shape index (κ2) is 11.7. The smallest absolute Gasteiger partial charge is 0.240 e. The third-order valence-corrected chi connectivity index (χ3v) is 7.72. The molecule has 0 unspecified atom stereocenters. The number of thioether (sulfide) groups is 1. The van der Waals surface area contributed by atoms with Crippen LogP contribution in [0.1, 0.15) is 54.8 Å². The van der Waals surface area contributed by atoms with Gasteiger partial charge in [0.1, 0.15) is 18.2 Å². The Labute approximate surface area is 227 Å². The number of hydrogen-bond donors (Lipinski definition) is 1. The van der Waals surface area contributed by atoms with Gasteiger partial charge in [-0.1, -0.05) is 57.2 Å². The van der Waals surface area contributed by atoms with Gasteiger partial charge >= 0.3 is 0 Å². The molecule has 0 aliphatic carbocycles. The van der Waals surface area contributed by atoms with E-state index in [0.717, 1.165) is 22.5 Å². The summed E-state index contributed by atoms with van der Waals surface area (Å²) in [6.07, 6.45) is 0.669. The lowest BCUT2D eigenvalue weighted by molar-refractivity contribution is -0.122. The predicted molar refractivity (Wildman–Crippen MR) is 150 cm³/mol. The van der Waals surface area contributed by atoms with Crippen LogP contribution in [0.4, 0.5) is 10.2 Å². The molecule has 4 rings (SSSR count). The average molecular weight is 539 g/mol. The maximum absolute atomic E-state index is 15.2. The molecule has 0 saturated carbocycles. The maximum Gasteiger partial charge on any atom is 0.240 e. The maximum atomic E-state index is 15.2. The molecule has 1 aromatic heterocycles. The fourth-order valence-electron chi connectivity index (χ4n) is 4.62. The van der Waals surface area contributed by atoms with Crippen LogP contribution in [0.2, 0.25) is 0 Å². The van der Waals surface area contributed by atoms with Crippen molar-refractivity contribution >= 4 is 29.4 Å². The number of halogens is 1. The molecule has 0 radical (unpaired) electrons. The minimum Gasteiger partial charge on any atom is -0.385 e. The van der Waals surface area contributed by atoms with Gasteiger partial charge in [0.2, 0.25) is 11.8 Å². The average Bonchev–Trinajstić information content (AvgIpc) is 3.21. The van der Waals surface area contributed by atoms with Crippen LogP contribution in [0.15, 0.2) is 48.5 Å². The van der Waals surface area contributed by atoms with E-state index in [1.807, 2.05) is 31.2 Å². The van der Waals surface area contributed by atoms with Crippen LogP contribution >= 0.6 is 11.8 Å². The second-order valence-corrected chi connectivity index (χ2v) is 11.5. The molecule has 1 aliphatic heterocycles. The zero-order valence-electron chi connectivity index (χ0n) is 22.6. The van der Waals surface area contributed by atoms with Crippen molar-refractivity contribution in [2.75, 3.05) is 37.5 Å². The number of hydrogen-bond acceptors (Lipinski definition) is 5. The van der Waals surface area contributed by atoms with E-state index in [2.05, 4.69) is 26.1 Å². The molecule has 3 aromatic rings. The van der Waals surface area contributed by atoms with E-state index in [1.54, 1.807) is 30.0 Å². The molecular formula is C29H35FN4O3S. The second-order valence-electron chi connectivity index (χ2n) is 10.4. The number of nitrogens with zero attached hydrogens (tertiary/aromatic N) is 3. The number of amides is 2. The lowest BCUT2D eigenvalue weighted by Crippen LogP contribution is -2.42. The van der Waals surface area contributed by atoms with Crippen LogP contribution in [-0.4, -0.2) is 54.2 Å². The fourth-order valence-corrected chi connectivity index (χ4v) is 5.84. The van der Waals surface area contributed by atoms with E-state index in [1.165, 1.54) is 22.7 Å². The molecule has 1 atom stereocenters. The van der Waals surface area contributed by atoms with Gasteiger partial charge in [-0.05, 0) is 31.0 Å². The van der Waals surface area contributed by atoms with Crippen molar-refractivity contribution in [3.63, 3.8) is 0 Å². The number of aryl methyl sites for hydroxylation is 1. The van der Waals surface area contributed by atoms with E-state index >= 15 is 4.39 Å². The Balaban J connectivity index is 1.93. The molecule has 2 aromatic carbocycles. The fraction of sp³-hybridized carbons (Fsp3) is 0.414. The third-order valence-electron chi connectivity index (χ3n) is 6.48. The molecule has 2 heterocycles. The number of benzene rings is 2. The van der Waals surface area contributed by atoms with Crippen molar-refractivity contribution in [3.8, 4) is 5.69 Å². The van der Waals surface area contributed by atoms with Crippen molar-refractivity contribution in [1.29, 1.82) is 0 Å². The molecule has 38 heavy (non-hydrogen) atoms. The van der Waals surface area contributed by atoms with E-state index in [0.29, 0.717) is 31.0 Å². The molecule has 7 nitrogen and oxygen atoms in total. The number of aromatic nitrogens is 2. The quantitative estimate of drug-likeness (QED) is 0.411. The van der Waals surface area contributed by atoms with Gasteiger partial charge in [0.25, 0.3) is 0 Å². The molecule has 0 saturated heterocycles. The Hall–Kier alpha value is -3.17. The third kappa shape index (κ3) is 5.78. The molecule has 202 valence electrons. The zero-order valence-corrected chi connectivity index (χ0v) is 23.4. The van der Waals surface area contributed by atoms with Crippen LogP contribution in [0.25, 0.3) is 5.69 Å². The van der Waals surface area contributed by atoms with Crippen molar-refractivity contribution < 1.29 is 18.7 Å². The van der Waals surface area contributed by atoms with Crippen molar-refractivity contribution in [2.24, 2.45) is 0 Å². The minimum atomic E-state index is -0.475. The van der Waals surface area contributed by atoms with Gasteiger partial charge in [0.15, 0.2) is 0 Å². The first-order chi connectivity index (χ1) is 18.1. The Morgan fingerprint density at radius 1 is 1.18 bits per heavy atom. The SMILES string of the molecule is COCCCNC(=O)CN1C(=O)CS[C@H](c2ccccc2F)c2c(C(C)(C)C)nn(-c3ccccc3C)c21. The number of anilines is 1. The van der Waals surface area contributed by atoms with Gasteiger partial charge in [0, 0.05) is 36.8 Å². The van der Waals surface area contributed by atoms with Gasteiger partial charge < -0.3 is 10.1 Å². The van der Waals surface area contributed by atoms with Gasteiger partial charge in [-0.3, -0.25) is 14.5 Å². The standard InChI is InChI=1S/C29H35FN4O3S/c1-19-11-6-9-14-22(19)34-28-25(27(32-34)29(2,3)4)26(20-12-7-8-13-21(20)30)38-18-24(36)33(28)17-23(35)31-15-10-16-37-5/h6-9,11-14,26H,10,15-18H2,1-5H3,(H,31,35)/t26-/m1/s1. The lowest BCUT2D eigenvalue weighted by Gasteiger charge is -2.25. The topological polar surface area (TPSA) is 76.5 Å². The number of para-hydroxylation sites is 1. The first-order valence-electron chi connectivity index (χ1n) is 12.7. The summed E-state index contributed by atoms with van der Waals surface area (Å²) in [5.74, 6) is -0.222. The summed E-state index contributed by atoms with van der Waals surface area (Å²) in [4.78, 5) is 28.2. The summed E-state index contributed by atoms with van der Waals surface area (Å²) < 4.78 is 22.0. The lowest BCUT2D eigenvalue weighted by atomic mass is 9.87. The number of methoxy groups -OCH3 is 1. The minimum absolute atomic E-state index is 0.0992. The number of carbonyl (C=O) groups excluding carboxylic acids is 2. The zero-order chi connectivity index (χ0) is 27.4. The monoisotopic (exact) mass is 538 g/mol. The highest BCUT2D eigenvalue weighted by Crippen LogP contribution is 2.49. The molecule has 1 N–H and O–H groups in total. The normalized spacial score (nSPS) is 15.8. The number of rotatable bonds is 8. The Bertz CT molecular complexity index is 1320. The molecule has 9 heteroatoms. The number of ether oxygens (including phenoxy) is 1. The molecule has 0 spiro atoms. The molecule has 2 amide bonds. The first kappa shape index (κ1) is 27.9. The summed E-state index contributed by atoms with van der Waals surface area (Å²) in [6.45, 7) is 8.96. The van der Waals surface area contributed by atoms with Gasteiger partial charge in [0.05, 0.1) is 22.4 Å². The first-order valence-corrected chi connectivity index (χ1v) is 13.8. The largest absolute Gasteiger partial charge is 0.385 e. The molecular weight excluding hydrogens is 503 g/mol. The summed E-state index contributed by atoms with van der Waals surface area (Å²) in [5.41, 5.74) is 3.37. The Morgan fingerprint density at radius 3 is 2.58 bits per heavy atom. The van der Waals surface area contributed by atoms with Gasteiger partial charge in [-0.15, -0.1) is 11.8 Å². The Kier molecular flexibility index (Phi) is 8.57. The Morgan fingerprint density at radius 2 is 1.89 bits per heavy atom. The summed E-state index contributed by atoms with van der Waals surface area (Å²) >= 11 is 1.37. The van der Waals surface area contributed by atoms with Crippen LogP contribution in [0.5, 0.6) is 0 Å². The highest BCUT2D eigenvalue weighted by molar-refractivity contribution is 8.00. The number of carbonyl (C=O) groups is 2. The highest BCUT2D eigenvalue weighted by atomic mass is 32.2. The number of fused-ring (bicyclic) bond motifs is 1. The summed E-state index contributed by atoms with van der Waals surface area (Å²) in [6, 6.07) is 14.5. The van der Waals surface area contributed by atoms with Crippen molar-refractivity contribution in [3.05, 3.63) is 76.7 Å². The van der Waals surface area contributed by atoms with E-state index in [4.69, 9.17) is 9.84 Å². The summed E-state index contributed by atoms with van der Waals surface area (Å²) in [7, 11) is 1.61. The van der Waals surface area contributed by atoms with Gasteiger partial charge in [-0.2, -0.15) is 5.10 Å².